The number of carbonyl (C=O) groups is 1. The Labute approximate surface area is 213 Å². The van der Waals surface area contributed by atoms with Crippen molar-refractivity contribution in [2.45, 2.75) is 37.8 Å². The SMILES string of the molecule is COC(=O)C[C@@H](c1ccc(OC)cc1)c1oc(CN2C[C@H]3C[C@@H](C2)c2cccc(=O)n2C3)cc(=O)c1O. The lowest BCUT2D eigenvalue weighted by Crippen LogP contribution is -2.46. The van der Waals surface area contributed by atoms with Crippen LogP contribution >= 0.6 is 0 Å². The molecule has 1 fully saturated rings. The number of methoxy groups -OCH3 is 2. The van der Waals surface area contributed by atoms with Gasteiger partial charge in [0.2, 0.25) is 11.2 Å². The van der Waals surface area contributed by atoms with E-state index in [1.54, 1.807) is 43.5 Å². The van der Waals surface area contributed by atoms with Crippen LogP contribution in [0.3, 0.4) is 0 Å². The summed E-state index contributed by atoms with van der Waals surface area (Å²) >= 11 is 0. The van der Waals surface area contributed by atoms with E-state index in [-0.39, 0.29) is 23.7 Å². The molecule has 0 radical (unpaired) electrons. The topological polar surface area (TPSA) is 111 Å². The molecule has 3 atom stereocenters. The van der Waals surface area contributed by atoms with Crippen molar-refractivity contribution in [2.24, 2.45) is 5.92 Å². The fourth-order valence-corrected chi connectivity index (χ4v) is 5.66. The first-order valence-electron chi connectivity index (χ1n) is 12.3. The molecular weight excluding hydrogens is 476 g/mol. The number of aromatic hydroxyl groups is 1. The van der Waals surface area contributed by atoms with Gasteiger partial charge in [-0.05, 0) is 36.1 Å². The Balaban J connectivity index is 1.44. The van der Waals surface area contributed by atoms with Gasteiger partial charge in [0.1, 0.15) is 11.5 Å². The van der Waals surface area contributed by atoms with Crippen molar-refractivity contribution in [3.8, 4) is 11.5 Å². The standard InChI is InChI=1S/C28H30N2O7/c1-35-20-8-6-18(7-9-20)22(12-26(33)36-2)28-27(34)24(31)11-21(37-28)16-29-13-17-10-19(15-29)23-4-3-5-25(32)30(23)14-17/h3-9,11,17,19,22,34H,10,12-16H2,1-2H3/t17-,19+,22+/m1/s1. The molecule has 1 saturated heterocycles. The summed E-state index contributed by atoms with van der Waals surface area (Å²) < 4.78 is 18.1. The van der Waals surface area contributed by atoms with Crippen LogP contribution in [0, 0.1) is 5.92 Å². The lowest BCUT2D eigenvalue weighted by molar-refractivity contribution is -0.140. The minimum absolute atomic E-state index is 0.0324. The van der Waals surface area contributed by atoms with E-state index in [9.17, 15) is 19.5 Å². The second-order valence-corrected chi connectivity index (χ2v) is 9.79. The summed E-state index contributed by atoms with van der Waals surface area (Å²) in [5.74, 6) is -0.107. The van der Waals surface area contributed by atoms with Crippen LogP contribution < -0.4 is 15.7 Å². The third-order valence-corrected chi connectivity index (χ3v) is 7.37. The van der Waals surface area contributed by atoms with Gasteiger partial charge in [-0.1, -0.05) is 18.2 Å². The molecule has 0 unspecified atom stereocenters. The van der Waals surface area contributed by atoms with E-state index in [0.29, 0.717) is 36.1 Å². The predicted molar refractivity (Wildman–Crippen MR) is 135 cm³/mol. The highest BCUT2D eigenvalue weighted by molar-refractivity contribution is 5.71. The summed E-state index contributed by atoms with van der Waals surface area (Å²) in [6.45, 7) is 2.54. The zero-order valence-corrected chi connectivity index (χ0v) is 20.9. The molecule has 9 heteroatoms. The number of pyridine rings is 1. The van der Waals surface area contributed by atoms with Crippen LogP contribution in [0.2, 0.25) is 0 Å². The highest BCUT2D eigenvalue weighted by Crippen LogP contribution is 2.37. The van der Waals surface area contributed by atoms with E-state index in [0.717, 1.165) is 25.2 Å². The molecule has 2 aliphatic rings. The molecular formula is C28H30N2O7. The van der Waals surface area contributed by atoms with Crippen molar-refractivity contribution < 1.29 is 23.8 Å². The van der Waals surface area contributed by atoms with Gasteiger partial charge in [-0.15, -0.1) is 0 Å². The highest BCUT2D eigenvalue weighted by Gasteiger charge is 2.35. The molecule has 1 aromatic carbocycles. The number of fused-ring (bicyclic) bond motifs is 4. The number of likely N-dealkylation sites (tertiary alicyclic amines) is 1. The monoisotopic (exact) mass is 506 g/mol. The van der Waals surface area contributed by atoms with Gasteiger partial charge in [0, 0.05) is 43.4 Å². The van der Waals surface area contributed by atoms with Gasteiger partial charge in [0.05, 0.1) is 33.1 Å². The number of esters is 1. The quantitative estimate of drug-likeness (QED) is 0.487. The second-order valence-electron chi connectivity index (χ2n) is 9.79. The van der Waals surface area contributed by atoms with Crippen LogP contribution in [0.4, 0.5) is 0 Å². The van der Waals surface area contributed by atoms with Crippen LogP contribution in [0.25, 0.3) is 0 Å². The number of hydrogen-bond donors (Lipinski definition) is 1. The minimum atomic E-state index is -0.717. The predicted octanol–water partition coefficient (Wildman–Crippen LogP) is 2.83. The maximum atomic E-state index is 12.8. The van der Waals surface area contributed by atoms with E-state index >= 15 is 0 Å². The van der Waals surface area contributed by atoms with Crippen molar-refractivity contribution in [2.75, 3.05) is 27.3 Å². The van der Waals surface area contributed by atoms with E-state index in [1.807, 2.05) is 10.6 Å². The van der Waals surface area contributed by atoms with Crippen molar-refractivity contribution in [3.63, 3.8) is 0 Å². The molecule has 0 aliphatic carbocycles. The summed E-state index contributed by atoms with van der Waals surface area (Å²) in [5.41, 5.74) is 1.19. The Hall–Kier alpha value is -3.85. The maximum absolute atomic E-state index is 12.8. The first kappa shape index (κ1) is 24.8. The molecule has 2 bridgehead atoms. The number of nitrogens with zero attached hydrogens (tertiary/aromatic N) is 2. The Morgan fingerprint density at radius 1 is 1.11 bits per heavy atom. The van der Waals surface area contributed by atoms with Crippen LogP contribution in [-0.2, 0) is 22.6 Å². The number of rotatable bonds is 7. The minimum Gasteiger partial charge on any atom is -0.502 e. The summed E-state index contributed by atoms with van der Waals surface area (Å²) in [6.07, 6.45) is 0.908. The molecule has 37 heavy (non-hydrogen) atoms. The van der Waals surface area contributed by atoms with E-state index in [4.69, 9.17) is 13.9 Å². The molecule has 2 aromatic heterocycles. The normalized spacial score (nSPS) is 19.6. The number of aromatic nitrogens is 1. The maximum Gasteiger partial charge on any atom is 0.306 e. The van der Waals surface area contributed by atoms with Gasteiger partial charge < -0.3 is 23.6 Å². The van der Waals surface area contributed by atoms with Crippen LogP contribution in [0.15, 0.2) is 62.5 Å². The second kappa shape index (κ2) is 10.3. The van der Waals surface area contributed by atoms with Crippen molar-refractivity contribution in [1.82, 2.24) is 9.47 Å². The highest BCUT2D eigenvalue weighted by atomic mass is 16.5. The van der Waals surface area contributed by atoms with E-state index < -0.39 is 23.1 Å². The van der Waals surface area contributed by atoms with Gasteiger partial charge in [0.25, 0.3) is 5.56 Å². The Kier molecular flexibility index (Phi) is 6.88. The summed E-state index contributed by atoms with van der Waals surface area (Å²) in [6, 6.07) is 13.7. The molecule has 194 valence electrons. The van der Waals surface area contributed by atoms with E-state index in [2.05, 4.69) is 4.90 Å². The largest absolute Gasteiger partial charge is 0.502 e. The molecule has 1 N–H and O–H groups in total. The van der Waals surface area contributed by atoms with E-state index in [1.165, 1.54) is 13.2 Å². The molecule has 0 amide bonds. The van der Waals surface area contributed by atoms with Gasteiger partial charge in [-0.3, -0.25) is 19.3 Å². The number of ether oxygens (including phenoxy) is 2. The fourth-order valence-electron chi connectivity index (χ4n) is 5.66. The molecule has 4 heterocycles. The zero-order valence-electron chi connectivity index (χ0n) is 20.9. The van der Waals surface area contributed by atoms with Gasteiger partial charge >= 0.3 is 5.97 Å². The Bertz CT molecular complexity index is 1410. The molecule has 0 saturated carbocycles. The molecule has 9 nitrogen and oxygen atoms in total. The third-order valence-electron chi connectivity index (χ3n) is 7.37. The van der Waals surface area contributed by atoms with Crippen molar-refractivity contribution >= 4 is 5.97 Å². The summed E-state index contributed by atoms with van der Waals surface area (Å²) in [5, 5.41) is 10.7. The smallest absolute Gasteiger partial charge is 0.306 e. The molecule has 2 aliphatic heterocycles. The third kappa shape index (κ3) is 5.04. The first-order valence-corrected chi connectivity index (χ1v) is 12.3. The number of carbonyl (C=O) groups excluding carboxylic acids is 1. The lowest BCUT2D eigenvalue weighted by atomic mass is 9.83. The average Bonchev–Trinajstić information content (AvgIpc) is 2.90. The average molecular weight is 507 g/mol. The van der Waals surface area contributed by atoms with Gasteiger partial charge in [-0.25, -0.2) is 0 Å². The molecule has 3 aromatic rings. The summed E-state index contributed by atoms with van der Waals surface area (Å²) in [4.78, 5) is 39.6. The van der Waals surface area contributed by atoms with Crippen molar-refractivity contribution in [1.29, 1.82) is 0 Å². The number of piperidine rings is 1. The van der Waals surface area contributed by atoms with Crippen molar-refractivity contribution in [3.05, 3.63) is 91.9 Å². The fraction of sp³-hybridized carbons (Fsp3) is 0.393. The number of hydrogen-bond acceptors (Lipinski definition) is 8. The zero-order chi connectivity index (χ0) is 26.1. The Morgan fingerprint density at radius 3 is 2.62 bits per heavy atom. The molecule has 5 rings (SSSR count). The van der Waals surface area contributed by atoms with Gasteiger partial charge in [-0.2, -0.15) is 0 Å². The van der Waals surface area contributed by atoms with Gasteiger partial charge in [0.15, 0.2) is 5.76 Å². The molecule has 0 spiro atoms. The number of benzene rings is 1. The van der Waals surface area contributed by atoms with Crippen LogP contribution in [0.5, 0.6) is 11.5 Å². The van der Waals surface area contributed by atoms with Crippen LogP contribution in [-0.4, -0.2) is 47.9 Å². The Morgan fingerprint density at radius 2 is 1.89 bits per heavy atom. The first-order chi connectivity index (χ1) is 17.9. The lowest BCUT2D eigenvalue weighted by Gasteiger charge is -2.42. The summed E-state index contributed by atoms with van der Waals surface area (Å²) in [7, 11) is 2.85. The van der Waals surface area contributed by atoms with Crippen LogP contribution in [0.1, 0.15) is 47.5 Å².